The van der Waals surface area contributed by atoms with E-state index in [2.05, 4.69) is 4.74 Å². The van der Waals surface area contributed by atoms with Crippen LogP contribution in [0, 0.1) is 11.8 Å². The molecule has 1 fully saturated rings. The Morgan fingerprint density at radius 3 is 2.31 bits per heavy atom. The average molecular weight is 464 g/mol. The number of hydrogen-bond acceptors (Lipinski definition) is 12. The van der Waals surface area contributed by atoms with E-state index in [1.54, 1.807) is 0 Å². The number of aliphatic carboxylic acids is 1. The molecule has 13 nitrogen and oxygen atoms in total. The summed E-state index contributed by atoms with van der Waals surface area (Å²) < 4.78 is 26.3. The first-order valence-electron chi connectivity index (χ1n) is 9.80. The average Bonchev–Trinajstić information content (AvgIpc) is 2.72. The maximum absolute atomic E-state index is 12.2. The lowest BCUT2D eigenvalue weighted by atomic mass is 9.78. The smallest absolute Gasteiger partial charge is 0.337 e. The Morgan fingerprint density at radius 2 is 1.78 bits per heavy atom. The number of carbonyl (C=O) groups excluding carboxylic acids is 2. The van der Waals surface area contributed by atoms with E-state index in [1.165, 1.54) is 6.92 Å². The minimum absolute atomic E-state index is 0.132. The van der Waals surface area contributed by atoms with Gasteiger partial charge in [-0.15, -0.1) is 0 Å². The number of carboxylic acid groups (broad SMARTS) is 1. The van der Waals surface area contributed by atoms with Crippen molar-refractivity contribution >= 4 is 17.9 Å². The summed E-state index contributed by atoms with van der Waals surface area (Å²) in [5.41, 5.74) is -0.132. The Balaban J connectivity index is 2.39. The molecule has 0 saturated carbocycles. The second-order valence-corrected chi connectivity index (χ2v) is 7.50. The number of rotatable bonds is 8. The van der Waals surface area contributed by atoms with Crippen LogP contribution in [0.25, 0.3) is 0 Å². The van der Waals surface area contributed by atoms with Gasteiger partial charge in [0, 0.05) is 12.8 Å². The van der Waals surface area contributed by atoms with Crippen molar-refractivity contribution in [3.63, 3.8) is 0 Å². The van der Waals surface area contributed by atoms with Crippen molar-refractivity contribution in [2.75, 3.05) is 13.7 Å². The fourth-order valence-electron chi connectivity index (χ4n) is 3.79. The van der Waals surface area contributed by atoms with Crippen LogP contribution in [0.2, 0.25) is 0 Å². The van der Waals surface area contributed by atoms with Gasteiger partial charge in [0.2, 0.25) is 6.29 Å². The van der Waals surface area contributed by atoms with Gasteiger partial charge in [0.15, 0.2) is 6.29 Å². The van der Waals surface area contributed by atoms with Crippen molar-refractivity contribution in [2.24, 2.45) is 11.8 Å². The predicted octanol–water partition coefficient (Wildman–Crippen LogP) is -2.13. The molecule has 182 valence electrons. The Morgan fingerprint density at radius 1 is 1.12 bits per heavy atom. The van der Waals surface area contributed by atoms with E-state index >= 15 is 0 Å². The van der Waals surface area contributed by atoms with Crippen LogP contribution in [0.3, 0.4) is 0 Å². The van der Waals surface area contributed by atoms with E-state index in [1.807, 2.05) is 0 Å². The van der Waals surface area contributed by atoms with E-state index in [0.29, 0.717) is 0 Å². The van der Waals surface area contributed by atoms with Crippen LogP contribution in [-0.4, -0.2) is 100 Å². The number of aliphatic hydroxyl groups is 4. The normalized spacial score (nSPS) is 35.8. The second kappa shape index (κ2) is 11.0. The molecule has 2 aliphatic heterocycles. The maximum Gasteiger partial charge on any atom is 0.337 e. The molecule has 0 aromatic rings. The Kier molecular flexibility index (Phi) is 8.95. The summed E-state index contributed by atoms with van der Waals surface area (Å²) >= 11 is 0. The highest BCUT2D eigenvalue weighted by Gasteiger charge is 2.50. The highest BCUT2D eigenvalue weighted by Crippen LogP contribution is 2.39. The van der Waals surface area contributed by atoms with Gasteiger partial charge in [0.1, 0.15) is 30.5 Å². The van der Waals surface area contributed by atoms with Crippen LogP contribution >= 0.6 is 0 Å². The number of ether oxygens (including phenoxy) is 5. The monoisotopic (exact) mass is 464 g/mol. The minimum atomic E-state index is -1.76. The molecule has 5 N–H and O–H groups in total. The Bertz CT molecular complexity index is 720. The van der Waals surface area contributed by atoms with Crippen molar-refractivity contribution in [1.82, 2.24) is 0 Å². The van der Waals surface area contributed by atoms with Crippen molar-refractivity contribution in [3.8, 4) is 0 Å². The molecule has 0 amide bonds. The third-order valence-electron chi connectivity index (χ3n) is 5.33. The van der Waals surface area contributed by atoms with Crippen LogP contribution in [0.15, 0.2) is 11.8 Å². The van der Waals surface area contributed by atoms with E-state index in [9.17, 15) is 39.9 Å². The van der Waals surface area contributed by atoms with Crippen LogP contribution in [0.1, 0.15) is 20.3 Å². The molecule has 0 unspecified atom stereocenters. The molecule has 2 heterocycles. The molecule has 1 saturated heterocycles. The van der Waals surface area contributed by atoms with E-state index in [0.717, 1.165) is 20.3 Å². The van der Waals surface area contributed by atoms with Gasteiger partial charge >= 0.3 is 17.9 Å². The van der Waals surface area contributed by atoms with Gasteiger partial charge in [-0.1, -0.05) is 0 Å². The summed E-state index contributed by atoms with van der Waals surface area (Å²) in [6.07, 6.45) is -10.0. The number of carboxylic acids is 1. The fourth-order valence-corrected chi connectivity index (χ4v) is 3.79. The lowest BCUT2D eigenvalue weighted by molar-refractivity contribution is -0.345. The molecule has 2 aliphatic rings. The first-order valence-corrected chi connectivity index (χ1v) is 9.80. The van der Waals surface area contributed by atoms with Crippen LogP contribution in [-0.2, 0) is 38.1 Å². The number of aliphatic hydroxyl groups excluding tert-OH is 4. The third-order valence-corrected chi connectivity index (χ3v) is 5.33. The number of esters is 2. The molecule has 0 radical (unpaired) electrons. The van der Waals surface area contributed by atoms with Crippen LogP contribution in [0.5, 0.6) is 0 Å². The first-order chi connectivity index (χ1) is 15.0. The lowest BCUT2D eigenvalue weighted by Gasteiger charge is -2.44. The summed E-state index contributed by atoms with van der Waals surface area (Å²) in [4.78, 5) is 35.2. The van der Waals surface area contributed by atoms with E-state index in [-0.39, 0.29) is 5.57 Å². The second-order valence-electron chi connectivity index (χ2n) is 7.50. The molecule has 0 aliphatic carbocycles. The van der Waals surface area contributed by atoms with Gasteiger partial charge in [-0.05, 0) is 6.92 Å². The molecule has 0 spiro atoms. The molecule has 9 atom stereocenters. The quantitative estimate of drug-likeness (QED) is 0.244. The molecule has 0 aromatic heterocycles. The standard InChI is InChI=1S/C19H28O13/c1-7(30-8(2)21)13-9(4-12(22)23)10(17(27)28-3)6-29-18(13)32-19-16(26)15(25)14(24)11(5-20)31-19/h6-7,9,11,13-16,18-20,24-26H,4-5H2,1-3H3,(H,22,23)/t7-,9+,11+,13+,14+,15-,16+,18-,19-/m0/s1. The van der Waals surface area contributed by atoms with Gasteiger partial charge in [-0.3, -0.25) is 9.59 Å². The largest absolute Gasteiger partial charge is 0.481 e. The van der Waals surface area contributed by atoms with Crippen molar-refractivity contribution in [3.05, 3.63) is 11.8 Å². The summed E-state index contributed by atoms with van der Waals surface area (Å²) in [7, 11) is 1.10. The summed E-state index contributed by atoms with van der Waals surface area (Å²) in [5, 5.41) is 48.9. The van der Waals surface area contributed by atoms with Crippen LogP contribution < -0.4 is 0 Å². The molecule has 0 aromatic carbocycles. The number of carbonyl (C=O) groups is 3. The molecule has 32 heavy (non-hydrogen) atoms. The summed E-state index contributed by atoms with van der Waals surface area (Å²) in [6.45, 7) is 1.88. The molecule has 0 bridgehead atoms. The van der Waals surface area contributed by atoms with Crippen molar-refractivity contribution in [1.29, 1.82) is 0 Å². The highest BCUT2D eigenvalue weighted by atomic mass is 16.8. The zero-order chi connectivity index (χ0) is 24.2. The zero-order valence-corrected chi connectivity index (χ0v) is 17.7. The molecule has 13 heteroatoms. The Hall–Kier alpha value is -2.29. The van der Waals surface area contributed by atoms with Gasteiger partial charge in [0.25, 0.3) is 0 Å². The van der Waals surface area contributed by atoms with Crippen molar-refractivity contribution < 1.29 is 63.6 Å². The highest BCUT2D eigenvalue weighted by molar-refractivity contribution is 5.89. The van der Waals surface area contributed by atoms with Gasteiger partial charge in [0.05, 0.1) is 37.9 Å². The molecular formula is C19H28O13. The fraction of sp³-hybridized carbons (Fsp3) is 0.737. The molecular weight excluding hydrogens is 436 g/mol. The molecule has 2 rings (SSSR count). The minimum Gasteiger partial charge on any atom is -0.481 e. The predicted molar refractivity (Wildman–Crippen MR) is 100 cm³/mol. The summed E-state index contributed by atoms with van der Waals surface area (Å²) in [5.74, 6) is -4.98. The topological polar surface area (TPSA) is 199 Å². The van der Waals surface area contributed by atoms with Crippen LogP contribution in [0.4, 0.5) is 0 Å². The van der Waals surface area contributed by atoms with Gasteiger partial charge < -0.3 is 49.2 Å². The zero-order valence-electron chi connectivity index (χ0n) is 17.7. The van der Waals surface area contributed by atoms with Crippen molar-refractivity contribution in [2.45, 2.75) is 63.4 Å². The summed E-state index contributed by atoms with van der Waals surface area (Å²) in [6, 6.07) is 0. The number of methoxy groups -OCH3 is 1. The third kappa shape index (κ3) is 5.74. The van der Waals surface area contributed by atoms with Gasteiger partial charge in [-0.25, -0.2) is 4.79 Å². The van der Waals surface area contributed by atoms with Gasteiger partial charge in [-0.2, -0.15) is 0 Å². The first kappa shape index (κ1) is 26.0. The number of hydrogen-bond donors (Lipinski definition) is 5. The maximum atomic E-state index is 12.2. The Labute approximate surface area is 183 Å². The van der Waals surface area contributed by atoms with E-state index < -0.39 is 85.9 Å². The van der Waals surface area contributed by atoms with E-state index in [4.69, 9.17) is 18.9 Å². The SMILES string of the molecule is COC(=O)C1=CO[C@@H](O[C@@H]2O[C@H](CO)[C@@H](O)[C@H](O)[C@H]2O)[C@H]([C@H](C)OC(C)=O)[C@@H]1CC(=O)O. The lowest BCUT2D eigenvalue weighted by Crippen LogP contribution is -2.60.